The Morgan fingerprint density at radius 2 is 1.75 bits per heavy atom. The van der Waals surface area contributed by atoms with Crippen LogP contribution in [0.3, 0.4) is 0 Å². The Morgan fingerprint density at radius 3 is 2.32 bits per heavy atom. The molecule has 2 saturated heterocycles. The predicted octanol–water partition coefficient (Wildman–Crippen LogP) is 4.55. The standard InChI is InChI=1S/C41H53F2NO13/c1-10-26-54-29-27-21(4)24(53-35(48)28(46)31(39(9,42)43)44-36(49)52-20(2)3)18-41(50,37(27,6)7)33(56-34(47)23-14-12-11-13-15-23)30-38(8,32(29)55-26)17-16-25-40(30,19-51-25)57-22(5)45/h10-15,20,24-26,28-33,46,50H,1,16-19H2,2-9H3,(H,44,49)/t24-,25+,26+,28+,29+,30-,31+,32+,33-,38+,40-,41+/m0/s1. The molecule has 1 aromatic carbocycles. The number of esters is 3. The van der Waals surface area contributed by atoms with E-state index in [1.54, 1.807) is 51.1 Å². The maximum absolute atomic E-state index is 14.9. The minimum Gasteiger partial charge on any atom is -0.456 e. The zero-order chi connectivity index (χ0) is 42.0. The third-order valence-electron chi connectivity index (χ3n) is 12.7. The molecule has 0 aromatic heterocycles. The van der Waals surface area contributed by atoms with E-state index in [0.29, 0.717) is 30.9 Å². The second kappa shape index (κ2) is 15.0. The summed E-state index contributed by atoms with van der Waals surface area (Å²) in [6, 6.07) is 5.63. The smallest absolute Gasteiger partial charge is 0.407 e. The van der Waals surface area contributed by atoms with Gasteiger partial charge in [0, 0.05) is 31.1 Å². The van der Waals surface area contributed by atoms with Gasteiger partial charge in [0.2, 0.25) is 0 Å². The summed E-state index contributed by atoms with van der Waals surface area (Å²) in [5.74, 6) is -7.84. The lowest BCUT2D eigenvalue weighted by Gasteiger charge is -2.68. The molecule has 2 bridgehead atoms. The van der Waals surface area contributed by atoms with E-state index in [1.807, 2.05) is 12.2 Å². The number of ether oxygens (including phenoxy) is 7. The minimum atomic E-state index is -3.84. The van der Waals surface area contributed by atoms with Crippen molar-refractivity contribution in [1.29, 1.82) is 0 Å². The lowest BCUT2D eigenvalue weighted by molar-refractivity contribution is -0.345. The Morgan fingerprint density at radius 1 is 1.09 bits per heavy atom. The van der Waals surface area contributed by atoms with E-state index in [1.165, 1.54) is 26.8 Å². The van der Waals surface area contributed by atoms with Crippen molar-refractivity contribution in [3.05, 3.63) is 59.7 Å². The molecule has 0 unspecified atom stereocenters. The largest absolute Gasteiger partial charge is 0.456 e. The third kappa shape index (κ3) is 7.15. The molecule has 2 aliphatic heterocycles. The Bertz CT molecular complexity index is 1800. The van der Waals surface area contributed by atoms with Gasteiger partial charge >= 0.3 is 24.0 Å². The first-order valence-electron chi connectivity index (χ1n) is 19.2. The van der Waals surface area contributed by atoms with Gasteiger partial charge < -0.3 is 48.7 Å². The van der Waals surface area contributed by atoms with Crippen molar-refractivity contribution in [2.75, 3.05) is 6.61 Å². The summed E-state index contributed by atoms with van der Waals surface area (Å²) in [6.45, 7) is 15.4. The van der Waals surface area contributed by atoms with Crippen molar-refractivity contribution in [2.45, 2.75) is 147 Å². The number of alkyl halides is 2. The maximum atomic E-state index is 14.9. The molecule has 2 saturated carbocycles. The number of rotatable bonds is 10. The molecule has 0 radical (unpaired) electrons. The summed E-state index contributed by atoms with van der Waals surface area (Å²) in [4.78, 5) is 53.3. The maximum Gasteiger partial charge on any atom is 0.407 e. The number of hydrogen-bond donors (Lipinski definition) is 3. The Hall–Kier alpha value is -3.96. The van der Waals surface area contributed by atoms with E-state index in [9.17, 15) is 38.2 Å². The van der Waals surface area contributed by atoms with Crippen LogP contribution in [0.25, 0.3) is 0 Å². The van der Waals surface area contributed by atoms with Crippen molar-refractivity contribution >= 4 is 24.0 Å². The molecule has 5 aliphatic rings. The second-order valence-corrected chi connectivity index (χ2v) is 17.0. The number of aliphatic hydroxyl groups excluding tert-OH is 1. The van der Waals surface area contributed by atoms with Crippen LogP contribution in [0.5, 0.6) is 0 Å². The van der Waals surface area contributed by atoms with Gasteiger partial charge in [0.1, 0.15) is 36.1 Å². The summed E-state index contributed by atoms with van der Waals surface area (Å²) in [7, 11) is 0. The lowest BCUT2D eigenvalue weighted by Crippen LogP contribution is -2.79. The fraction of sp³-hybridized carbons (Fsp3) is 0.659. The Labute approximate surface area is 330 Å². The summed E-state index contributed by atoms with van der Waals surface area (Å²) >= 11 is 0. The first-order valence-corrected chi connectivity index (χ1v) is 19.2. The second-order valence-electron chi connectivity index (χ2n) is 17.0. The van der Waals surface area contributed by atoms with Crippen LogP contribution in [-0.4, -0.2) is 113 Å². The number of nitrogens with one attached hydrogen (secondary N) is 1. The highest BCUT2D eigenvalue weighted by Gasteiger charge is 2.77. The number of aliphatic hydroxyl groups is 2. The number of benzene rings is 1. The average molecular weight is 806 g/mol. The quantitative estimate of drug-likeness (QED) is 0.170. The van der Waals surface area contributed by atoms with E-state index in [0.717, 1.165) is 0 Å². The lowest BCUT2D eigenvalue weighted by atomic mass is 9.45. The van der Waals surface area contributed by atoms with Gasteiger partial charge in [-0.05, 0) is 63.0 Å². The fourth-order valence-corrected chi connectivity index (χ4v) is 9.96. The molecular formula is C41H53F2NO13. The van der Waals surface area contributed by atoms with Gasteiger partial charge in [0.15, 0.2) is 18.0 Å². The van der Waals surface area contributed by atoms with E-state index < -0.39 is 119 Å². The van der Waals surface area contributed by atoms with Crippen LogP contribution in [0.15, 0.2) is 54.1 Å². The van der Waals surface area contributed by atoms with Crippen LogP contribution in [0.2, 0.25) is 0 Å². The van der Waals surface area contributed by atoms with Crippen molar-refractivity contribution in [3.63, 3.8) is 0 Å². The number of hydrogen-bond acceptors (Lipinski definition) is 13. The fourth-order valence-electron chi connectivity index (χ4n) is 9.96. The number of carbonyl (C=O) groups excluding carboxylic acids is 4. The van der Waals surface area contributed by atoms with Gasteiger partial charge in [-0.2, -0.15) is 0 Å². The van der Waals surface area contributed by atoms with Crippen molar-refractivity contribution in [3.8, 4) is 0 Å². The number of halogens is 2. The summed E-state index contributed by atoms with van der Waals surface area (Å²) < 4.78 is 72.4. The Kier molecular flexibility index (Phi) is 11.2. The van der Waals surface area contributed by atoms with Crippen LogP contribution in [0, 0.1) is 16.7 Å². The zero-order valence-electron chi connectivity index (χ0n) is 33.4. The van der Waals surface area contributed by atoms with Crippen LogP contribution in [-0.2, 0) is 42.7 Å². The van der Waals surface area contributed by atoms with E-state index in [4.69, 9.17) is 33.2 Å². The van der Waals surface area contributed by atoms with Gasteiger partial charge in [-0.3, -0.25) is 4.79 Å². The molecule has 12 atom stereocenters. The highest BCUT2D eigenvalue weighted by molar-refractivity contribution is 5.89. The first-order chi connectivity index (χ1) is 26.5. The molecule has 2 heterocycles. The van der Waals surface area contributed by atoms with Crippen molar-refractivity contribution in [1.82, 2.24) is 5.32 Å². The van der Waals surface area contributed by atoms with Crippen LogP contribution in [0.1, 0.15) is 85.0 Å². The summed E-state index contributed by atoms with van der Waals surface area (Å²) in [6.07, 6.45) is -9.18. The van der Waals surface area contributed by atoms with Gasteiger partial charge in [-0.25, -0.2) is 23.2 Å². The van der Waals surface area contributed by atoms with Gasteiger partial charge in [-0.15, -0.1) is 0 Å². The molecule has 3 N–H and O–H groups in total. The molecule has 57 heavy (non-hydrogen) atoms. The predicted molar refractivity (Wildman–Crippen MR) is 196 cm³/mol. The molecule has 1 aromatic rings. The van der Waals surface area contributed by atoms with Crippen molar-refractivity contribution < 1.29 is 71.3 Å². The normalized spacial score (nSPS) is 36.4. The minimum absolute atomic E-state index is 0.0955. The topological polar surface area (TPSA) is 185 Å². The highest BCUT2D eigenvalue weighted by Crippen LogP contribution is 2.66. The number of alkyl carbamates (subject to hydrolysis) is 1. The van der Waals surface area contributed by atoms with Crippen LogP contribution in [0.4, 0.5) is 13.6 Å². The molecular weight excluding hydrogens is 752 g/mol. The molecule has 14 nitrogen and oxygen atoms in total. The average Bonchev–Trinajstić information content (AvgIpc) is 3.54. The van der Waals surface area contributed by atoms with Gasteiger partial charge in [-0.1, -0.05) is 45.5 Å². The molecule has 3 aliphatic carbocycles. The molecule has 6 rings (SSSR count). The highest BCUT2D eigenvalue weighted by atomic mass is 19.3. The van der Waals surface area contributed by atoms with Gasteiger partial charge in [0.05, 0.1) is 30.3 Å². The zero-order valence-corrected chi connectivity index (χ0v) is 33.4. The summed E-state index contributed by atoms with van der Waals surface area (Å²) in [5, 5.41) is 26.5. The van der Waals surface area contributed by atoms with Gasteiger partial charge in [0.25, 0.3) is 5.92 Å². The van der Waals surface area contributed by atoms with Crippen molar-refractivity contribution in [2.24, 2.45) is 16.7 Å². The molecule has 16 heteroatoms. The number of amides is 1. The summed E-state index contributed by atoms with van der Waals surface area (Å²) in [5.41, 5.74) is -5.11. The SMILES string of the molecule is C=C[C@@H]1O[C@@H]2C3=C(C)[C@@H](OC(=O)[C@H](O)[C@@H](NC(=O)OC(C)C)C(C)(F)F)C[C@@](O)([C@@H](OC(=O)c4ccccc4)[C@H]4[C@@](C)(CC[C@H]5OC[C@]54OC(C)=O)[C@@H]2O1)C3(C)C. The molecule has 1 amide bonds. The van der Waals surface area contributed by atoms with Crippen LogP contribution < -0.4 is 5.32 Å². The van der Waals surface area contributed by atoms with E-state index >= 15 is 0 Å². The first kappa shape index (κ1) is 42.6. The monoisotopic (exact) mass is 805 g/mol. The number of carbonyl (C=O) groups is 4. The molecule has 0 spiro atoms. The molecule has 314 valence electrons. The molecule has 4 fully saturated rings. The number of fused-ring (bicyclic) bond motifs is 8. The van der Waals surface area contributed by atoms with E-state index in [2.05, 4.69) is 6.58 Å². The third-order valence-corrected chi connectivity index (χ3v) is 12.7. The van der Waals surface area contributed by atoms with Crippen LogP contribution >= 0.6 is 0 Å². The Balaban J connectivity index is 1.52. The van der Waals surface area contributed by atoms with E-state index in [-0.39, 0.29) is 12.2 Å².